The largest absolute Gasteiger partial charge is 0.463 e. The van der Waals surface area contributed by atoms with E-state index in [4.69, 9.17) is 4.74 Å². The Hall–Kier alpha value is -3.23. The molecule has 0 heterocycles. The highest BCUT2D eigenvalue weighted by Gasteiger charge is 2.17. The van der Waals surface area contributed by atoms with Crippen LogP contribution in [0.25, 0.3) is 0 Å². The Morgan fingerprint density at radius 3 is 2.58 bits per heavy atom. The molecular formula is C15H16N2O7. The van der Waals surface area contributed by atoms with Crippen LogP contribution in [0.1, 0.15) is 13.8 Å². The maximum Gasteiger partial charge on any atom is 0.331 e. The van der Waals surface area contributed by atoms with Gasteiger partial charge in [-0.25, -0.2) is 9.59 Å². The summed E-state index contributed by atoms with van der Waals surface area (Å²) in [5.41, 5.74) is 0.00832. The van der Waals surface area contributed by atoms with Crippen molar-refractivity contribution in [2.45, 2.75) is 20.0 Å². The van der Waals surface area contributed by atoms with E-state index in [0.717, 1.165) is 12.2 Å². The van der Waals surface area contributed by atoms with Gasteiger partial charge in [0.05, 0.1) is 11.5 Å². The Morgan fingerprint density at radius 1 is 1.29 bits per heavy atom. The number of non-ortho nitro benzene ring substituents is 1. The molecule has 1 aromatic rings. The van der Waals surface area contributed by atoms with Crippen LogP contribution in [0.2, 0.25) is 0 Å². The number of carbonyl (C=O) groups excluding carboxylic acids is 3. The summed E-state index contributed by atoms with van der Waals surface area (Å²) >= 11 is 0. The minimum atomic E-state index is -1.16. The number of esters is 2. The van der Waals surface area contributed by atoms with Gasteiger partial charge in [0.25, 0.3) is 11.6 Å². The summed E-state index contributed by atoms with van der Waals surface area (Å²) < 4.78 is 9.40. The summed E-state index contributed by atoms with van der Waals surface area (Å²) in [5.74, 6) is -2.28. The first kappa shape index (κ1) is 18.8. The van der Waals surface area contributed by atoms with Crippen LogP contribution in [-0.2, 0) is 23.9 Å². The lowest BCUT2D eigenvalue weighted by molar-refractivity contribution is -0.384. The van der Waals surface area contributed by atoms with E-state index in [0.29, 0.717) is 0 Å². The Labute approximate surface area is 137 Å². The van der Waals surface area contributed by atoms with Gasteiger partial charge in [0.15, 0.2) is 6.10 Å². The van der Waals surface area contributed by atoms with Crippen molar-refractivity contribution in [1.82, 2.24) is 0 Å². The Kier molecular flexibility index (Phi) is 7.08. The van der Waals surface area contributed by atoms with Crippen molar-refractivity contribution in [3.63, 3.8) is 0 Å². The third kappa shape index (κ3) is 6.26. The number of carbonyl (C=O) groups is 3. The molecular weight excluding hydrogens is 320 g/mol. The lowest BCUT2D eigenvalue weighted by atomic mass is 10.2. The fourth-order valence-corrected chi connectivity index (χ4v) is 1.53. The molecule has 0 unspecified atom stereocenters. The average Bonchev–Trinajstić information content (AvgIpc) is 2.53. The second-order valence-electron chi connectivity index (χ2n) is 4.46. The van der Waals surface area contributed by atoms with Crippen molar-refractivity contribution in [2.24, 2.45) is 0 Å². The molecule has 0 aliphatic rings. The fraction of sp³-hybridized carbons (Fsp3) is 0.267. The van der Waals surface area contributed by atoms with E-state index in [-0.39, 0.29) is 18.0 Å². The van der Waals surface area contributed by atoms with Crippen molar-refractivity contribution in [1.29, 1.82) is 0 Å². The van der Waals surface area contributed by atoms with Crippen LogP contribution < -0.4 is 5.32 Å². The molecule has 128 valence electrons. The summed E-state index contributed by atoms with van der Waals surface area (Å²) in [5, 5.41) is 13.1. The van der Waals surface area contributed by atoms with Crippen molar-refractivity contribution in [2.75, 3.05) is 11.9 Å². The molecule has 0 aliphatic carbocycles. The van der Waals surface area contributed by atoms with Gasteiger partial charge in [-0.15, -0.1) is 0 Å². The van der Waals surface area contributed by atoms with E-state index < -0.39 is 28.9 Å². The molecule has 1 atom stereocenters. The molecule has 1 amide bonds. The maximum absolute atomic E-state index is 11.9. The molecule has 0 bridgehead atoms. The summed E-state index contributed by atoms with van der Waals surface area (Å²) in [4.78, 5) is 44.5. The van der Waals surface area contributed by atoms with Gasteiger partial charge in [-0.1, -0.05) is 6.07 Å². The molecule has 1 aromatic carbocycles. The zero-order chi connectivity index (χ0) is 18.1. The normalized spacial score (nSPS) is 11.6. The highest BCUT2D eigenvalue weighted by Crippen LogP contribution is 2.17. The molecule has 0 aromatic heterocycles. The second kappa shape index (κ2) is 9.03. The monoisotopic (exact) mass is 336 g/mol. The number of nitrogens with zero attached hydrogens (tertiary/aromatic N) is 1. The summed E-state index contributed by atoms with van der Waals surface area (Å²) in [6, 6.07) is 5.32. The molecule has 0 spiro atoms. The SMILES string of the molecule is CCOC(=O)/C=C/C(=O)O[C@@H](C)C(=O)Nc1cccc([N+](=O)[O-])c1. The highest BCUT2D eigenvalue weighted by molar-refractivity contribution is 5.97. The Balaban J connectivity index is 2.59. The highest BCUT2D eigenvalue weighted by atomic mass is 16.6. The third-order valence-electron chi connectivity index (χ3n) is 2.63. The number of amides is 1. The molecule has 9 nitrogen and oxygen atoms in total. The third-order valence-corrected chi connectivity index (χ3v) is 2.63. The molecule has 9 heteroatoms. The van der Waals surface area contributed by atoms with Crippen LogP contribution in [0.15, 0.2) is 36.4 Å². The molecule has 1 rings (SSSR count). The van der Waals surface area contributed by atoms with Gasteiger partial charge in [0, 0.05) is 30.0 Å². The van der Waals surface area contributed by atoms with Crippen LogP contribution in [0.5, 0.6) is 0 Å². The number of hydrogen-bond donors (Lipinski definition) is 1. The van der Waals surface area contributed by atoms with Crippen LogP contribution in [0.4, 0.5) is 11.4 Å². The molecule has 0 fully saturated rings. The van der Waals surface area contributed by atoms with Gasteiger partial charge in [-0.05, 0) is 19.9 Å². The Morgan fingerprint density at radius 2 is 1.96 bits per heavy atom. The van der Waals surface area contributed by atoms with Crippen molar-refractivity contribution < 1.29 is 28.8 Å². The van der Waals surface area contributed by atoms with Crippen LogP contribution in [0, 0.1) is 10.1 Å². The maximum atomic E-state index is 11.9. The standard InChI is InChI=1S/C15H16N2O7/c1-3-23-13(18)7-8-14(19)24-10(2)15(20)16-11-5-4-6-12(9-11)17(21)22/h4-10H,3H2,1-2H3,(H,16,20)/b8-7+/t10-/m0/s1. The number of anilines is 1. The lowest BCUT2D eigenvalue weighted by Crippen LogP contribution is -2.29. The fourth-order valence-electron chi connectivity index (χ4n) is 1.53. The van der Waals surface area contributed by atoms with E-state index in [9.17, 15) is 24.5 Å². The van der Waals surface area contributed by atoms with Crippen LogP contribution >= 0.6 is 0 Å². The first-order chi connectivity index (χ1) is 11.3. The van der Waals surface area contributed by atoms with Crippen molar-refractivity contribution in [3.05, 3.63) is 46.5 Å². The van der Waals surface area contributed by atoms with E-state index in [1.807, 2.05) is 0 Å². The first-order valence-corrected chi connectivity index (χ1v) is 6.94. The van der Waals surface area contributed by atoms with E-state index >= 15 is 0 Å². The molecule has 0 saturated carbocycles. The number of hydrogen-bond acceptors (Lipinski definition) is 7. The number of nitrogens with one attached hydrogen (secondary N) is 1. The smallest absolute Gasteiger partial charge is 0.331 e. The zero-order valence-electron chi connectivity index (χ0n) is 13.1. The average molecular weight is 336 g/mol. The molecule has 1 N–H and O–H groups in total. The number of rotatable bonds is 7. The molecule has 0 aliphatic heterocycles. The first-order valence-electron chi connectivity index (χ1n) is 6.94. The van der Waals surface area contributed by atoms with Gasteiger partial charge < -0.3 is 14.8 Å². The van der Waals surface area contributed by atoms with E-state index in [1.54, 1.807) is 6.92 Å². The minimum Gasteiger partial charge on any atom is -0.463 e. The lowest BCUT2D eigenvalue weighted by Gasteiger charge is -2.12. The van der Waals surface area contributed by atoms with Crippen LogP contribution in [-0.4, -0.2) is 35.5 Å². The number of nitro benzene ring substituents is 1. The minimum absolute atomic E-state index is 0.167. The number of ether oxygens (including phenoxy) is 2. The summed E-state index contributed by atoms with van der Waals surface area (Å²) in [7, 11) is 0. The molecule has 0 radical (unpaired) electrons. The van der Waals surface area contributed by atoms with Gasteiger partial charge in [-0.2, -0.15) is 0 Å². The quantitative estimate of drug-likeness (QED) is 0.347. The molecule has 24 heavy (non-hydrogen) atoms. The topological polar surface area (TPSA) is 125 Å². The van der Waals surface area contributed by atoms with Gasteiger partial charge >= 0.3 is 11.9 Å². The van der Waals surface area contributed by atoms with Crippen LogP contribution in [0.3, 0.4) is 0 Å². The Bertz CT molecular complexity index is 670. The number of nitro groups is 1. The predicted molar refractivity (Wildman–Crippen MR) is 83.1 cm³/mol. The van der Waals surface area contributed by atoms with Gasteiger partial charge in [0.2, 0.25) is 0 Å². The summed E-state index contributed by atoms with van der Waals surface area (Å²) in [6.07, 6.45) is 0.565. The zero-order valence-corrected chi connectivity index (χ0v) is 13.1. The predicted octanol–water partition coefficient (Wildman–Crippen LogP) is 1.58. The van der Waals surface area contributed by atoms with E-state index in [2.05, 4.69) is 10.1 Å². The number of benzene rings is 1. The van der Waals surface area contributed by atoms with E-state index in [1.165, 1.54) is 31.2 Å². The molecule has 0 saturated heterocycles. The summed E-state index contributed by atoms with van der Waals surface area (Å²) in [6.45, 7) is 3.10. The van der Waals surface area contributed by atoms with Gasteiger partial charge in [-0.3, -0.25) is 14.9 Å². The van der Waals surface area contributed by atoms with Crippen molar-refractivity contribution in [3.8, 4) is 0 Å². The van der Waals surface area contributed by atoms with Crippen molar-refractivity contribution >= 4 is 29.2 Å². The van der Waals surface area contributed by atoms with Gasteiger partial charge in [0.1, 0.15) is 0 Å². The second-order valence-corrected chi connectivity index (χ2v) is 4.46.